The highest BCUT2D eigenvalue weighted by Gasteiger charge is 2.05. The van der Waals surface area contributed by atoms with Gasteiger partial charge in [0.2, 0.25) is 5.91 Å². The van der Waals surface area contributed by atoms with Gasteiger partial charge in [-0.3, -0.25) is 4.79 Å². The Morgan fingerprint density at radius 3 is 2.35 bits per heavy atom. The van der Waals surface area contributed by atoms with Crippen LogP contribution in [-0.2, 0) is 16.2 Å². The Labute approximate surface area is 134 Å². The van der Waals surface area contributed by atoms with Crippen LogP contribution in [0.2, 0.25) is 0 Å². The fourth-order valence-corrected chi connectivity index (χ4v) is 1.81. The van der Waals surface area contributed by atoms with Crippen molar-refractivity contribution in [2.24, 2.45) is 0 Å². The van der Waals surface area contributed by atoms with Crippen molar-refractivity contribution in [3.05, 3.63) is 71.8 Å². The standard InChI is InChI=1S/C18H17NO4/c1-13(18(21)22)11-17(20)19-15-7-9-16(10-8-15)23-12-14-5-3-2-4-6-14/h2-11H,12H2,1H3,(H,19,20)(H,21,22). The van der Waals surface area contributed by atoms with Gasteiger partial charge in [0.05, 0.1) is 0 Å². The van der Waals surface area contributed by atoms with E-state index in [0.29, 0.717) is 18.0 Å². The number of amides is 1. The summed E-state index contributed by atoms with van der Waals surface area (Å²) in [5, 5.41) is 11.3. The van der Waals surface area contributed by atoms with Crippen molar-refractivity contribution in [3.8, 4) is 5.75 Å². The molecule has 0 aliphatic rings. The molecule has 0 fully saturated rings. The Morgan fingerprint density at radius 1 is 1.09 bits per heavy atom. The quantitative estimate of drug-likeness (QED) is 0.803. The third-order valence-corrected chi connectivity index (χ3v) is 3.06. The summed E-state index contributed by atoms with van der Waals surface area (Å²) in [4.78, 5) is 22.3. The van der Waals surface area contributed by atoms with Crippen LogP contribution in [0.5, 0.6) is 5.75 Å². The van der Waals surface area contributed by atoms with Gasteiger partial charge in [0, 0.05) is 17.3 Å². The summed E-state index contributed by atoms with van der Waals surface area (Å²) in [7, 11) is 0. The number of hydrogen-bond acceptors (Lipinski definition) is 3. The lowest BCUT2D eigenvalue weighted by Crippen LogP contribution is -2.10. The smallest absolute Gasteiger partial charge is 0.331 e. The predicted molar refractivity (Wildman–Crippen MR) is 87.2 cm³/mol. The maximum atomic E-state index is 11.6. The summed E-state index contributed by atoms with van der Waals surface area (Å²) in [5.41, 5.74) is 1.61. The minimum absolute atomic E-state index is 0.0229. The number of hydrogen-bond donors (Lipinski definition) is 2. The largest absolute Gasteiger partial charge is 0.489 e. The second-order valence-electron chi connectivity index (χ2n) is 4.92. The van der Waals surface area contributed by atoms with E-state index in [0.717, 1.165) is 11.6 Å². The Balaban J connectivity index is 1.90. The van der Waals surface area contributed by atoms with Crippen molar-refractivity contribution >= 4 is 17.6 Å². The lowest BCUT2D eigenvalue weighted by atomic mass is 10.2. The van der Waals surface area contributed by atoms with E-state index in [1.165, 1.54) is 6.92 Å². The number of carbonyl (C=O) groups excluding carboxylic acids is 1. The van der Waals surface area contributed by atoms with Gasteiger partial charge in [-0.05, 0) is 36.8 Å². The van der Waals surface area contributed by atoms with Crippen molar-refractivity contribution in [2.45, 2.75) is 13.5 Å². The van der Waals surface area contributed by atoms with Crippen molar-refractivity contribution < 1.29 is 19.4 Å². The van der Waals surface area contributed by atoms with Crippen LogP contribution in [0.1, 0.15) is 12.5 Å². The molecule has 0 atom stereocenters. The van der Waals surface area contributed by atoms with Crippen LogP contribution in [0, 0.1) is 0 Å². The Kier molecular flexibility index (Phi) is 5.52. The Morgan fingerprint density at radius 2 is 1.74 bits per heavy atom. The van der Waals surface area contributed by atoms with Crippen LogP contribution in [0.25, 0.3) is 0 Å². The highest BCUT2D eigenvalue weighted by molar-refractivity contribution is 6.04. The van der Waals surface area contributed by atoms with Crippen molar-refractivity contribution in [1.29, 1.82) is 0 Å². The lowest BCUT2D eigenvalue weighted by molar-refractivity contribution is -0.132. The number of ether oxygens (including phenoxy) is 1. The summed E-state index contributed by atoms with van der Waals surface area (Å²) >= 11 is 0. The third-order valence-electron chi connectivity index (χ3n) is 3.06. The molecular weight excluding hydrogens is 294 g/mol. The highest BCUT2D eigenvalue weighted by Crippen LogP contribution is 2.17. The SMILES string of the molecule is CC(=CC(=O)Nc1ccc(OCc2ccccc2)cc1)C(=O)O. The van der Waals surface area contributed by atoms with Gasteiger partial charge in [-0.1, -0.05) is 30.3 Å². The molecule has 0 aromatic heterocycles. The first-order valence-electron chi connectivity index (χ1n) is 7.04. The van der Waals surface area contributed by atoms with Gasteiger partial charge in [0.25, 0.3) is 0 Å². The van der Waals surface area contributed by atoms with Gasteiger partial charge < -0.3 is 15.2 Å². The van der Waals surface area contributed by atoms with E-state index < -0.39 is 11.9 Å². The zero-order valence-corrected chi connectivity index (χ0v) is 12.7. The summed E-state index contributed by atoms with van der Waals surface area (Å²) in [5.74, 6) is -0.920. The average Bonchev–Trinajstić information content (AvgIpc) is 2.55. The number of carboxylic acids is 1. The van der Waals surface area contributed by atoms with Gasteiger partial charge >= 0.3 is 5.97 Å². The minimum atomic E-state index is -1.12. The number of nitrogens with one attached hydrogen (secondary N) is 1. The van der Waals surface area contributed by atoms with Gasteiger partial charge in [-0.25, -0.2) is 4.79 Å². The Hall–Kier alpha value is -3.08. The van der Waals surface area contributed by atoms with Gasteiger partial charge in [-0.15, -0.1) is 0 Å². The monoisotopic (exact) mass is 311 g/mol. The molecule has 0 bridgehead atoms. The fraction of sp³-hybridized carbons (Fsp3) is 0.111. The average molecular weight is 311 g/mol. The highest BCUT2D eigenvalue weighted by atomic mass is 16.5. The third kappa shape index (κ3) is 5.32. The molecule has 2 aromatic rings. The molecule has 0 heterocycles. The van der Waals surface area contributed by atoms with Crippen molar-refractivity contribution in [2.75, 3.05) is 5.32 Å². The summed E-state index contributed by atoms with van der Waals surface area (Å²) in [6, 6.07) is 16.7. The van der Waals surface area contributed by atoms with Crippen LogP contribution in [0.15, 0.2) is 66.2 Å². The van der Waals surface area contributed by atoms with E-state index >= 15 is 0 Å². The summed E-state index contributed by atoms with van der Waals surface area (Å²) < 4.78 is 5.65. The molecule has 2 rings (SSSR count). The number of benzene rings is 2. The maximum Gasteiger partial charge on any atom is 0.331 e. The van der Waals surface area contributed by atoms with E-state index in [-0.39, 0.29) is 5.57 Å². The molecule has 0 spiro atoms. The van der Waals surface area contributed by atoms with E-state index in [2.05, 4.69) is 5.32 Å². The zero-order chi connectivity index (χ0) is 16.7. The first-order valence-corrected chi connectivity index (χ1v) is 7.04. The molecule has 2 aromatic carbocycles. The lowest BCUT2D eigenvalue weighted by Gasteiger charge is -2.08. The molecule has 0 unspecified atom stereocenters. The fourth-order valence-electron chi connectivity index (χ4n) is 1.81. The summed E-state index contributed by atoms with van der Waals surface area (Å²) in [6.07, 6.45) is 1.04. The van der Waals surface area contributed by atoms with Gasteiger partial charge in [0.15, 0.2) is 0 Å². The Bertz CT molecular complexity index is 706. The first kappa shape index (κ1) is 16.3. The summed E-state index contributed by atoms with van der Waals surface area (Å²) in [6.45, 7) is 1.83. The molecule has 0 saturated carbocycles. The molecule has 0 aliphatic heterocycles. The number of carboxylic acid groups (broad SMARTS) is 1. The number of anilines is 1. The van der Waals surface area contributed by atoms with Crippen LogP contribution in [0.3, 0.4) is 0 Å². The van der Waals surface area contributed by atoms with E-state index in [1.807, 2.05) is 30.3 Å². The molecule has 5 nitrogen and oxygen atoms in total. The van der Waals surface area contributed by atoms with Crippen molar-refractivity contribution in [1.82, 2.24) is 0 Å². The molecule has 23 heavy (non-hydrogen) atoms. The van der Waals surface area contributed by atoms with Crippen LogP contribution in [0.4, 0.5) is 5.69 Å². The molecule has 118 valence electrons. The topological polar surface area (TPSA) is 75.6 Å². The second kappa shape index (κ2) is 7.79. The minimum Gasteiger partial charge on any atom is -0.489 e. The molecule has 0 radical (unpaired) electrons. The molecular formula is C18H17NO4. The van der Waals surface area contributed by atoms with Crippen LogP contribution >= 0.6 is 0 Å². The number of rotatable bonds is 6. The van der Waals surface area contributed by atoms with E-state index in [1.54, 1.807) is 24.3 Å². The van der Waals surface area contributed by atoms with Crippen molar-refractivity contribution in [3.63, 3.8) is 0 Å². The van der Waals surface area contributed by atoms with Crippen LogP contribution < -0.4 is 10.1 Å². The van der Waals surface area contributed by atoms with E-state index in [4.69, 9.17) is 9.84 Å². The molecule has 1 amide bonds. The normalized spacial score (nSPS) is 10.9. The zero-order valence-electron chi connectivity index (χ0n) is 12.7. The maximum absolute atomic E-state index is 11.6. The number of carbonyl (C=O) groups is 2. The molecule has 0 aliphatic carbocycles. The van der Waals surface area contributed by atoms with E-state index in [9.17, 15) is 9.59 Å². The molecule has 2 N–H and O–H groups in total. The number of aliphatic carboxylic acids is 1. The molecule has 5 heteroatoms. The second-order valence-corrected chi connectivity index (χ2v) is 4.92. The van der Waals surface area contributed by atoms with Gasteiger partial charge in [-0.2, -0.15) is 0 Å². The molecule has 0 saturated heterocycles. The predicted octanol–water partition coefficient (Wildman–Crippen LogP) is 3.24. The van der Waals surface area contributed by atoms with Gasteiger partial charge in [0.1, 0.15) is 12.4 Å². The van der Waals surface area contributed by atoms with Crippen LogP contribution in [-0.4, -0.2) is 17.0 Å². The first-order chi connectivity index (χ1) is 11.0.